The molecular formula is C23H24NOP. The van der Waals surface area contributed by atoms with E-state index in [0.29, 0.717) is 12.5 Å². The molecule has 2 aromatic rings. The first-order valence-corrected chi connectivity index (χ1v) is 10.6. The molecule has 1 aliphatic carbocycles. The Morgan fingerprint density at radius 3 is 2.08 bits per heavy atom. The molecular weight excluding hydrogens is 337 g/mol. The Hall–Kier alpha value is -2.18. The number of ether oxygens (including phenoxy) is 1. The van der Waals surface area contributed by atoms with Gasteiger partial charge in [-0.15, -0.1) is 0 Å². The summed E-state index contributed by atoms with van der Waals surface area (Å²) in [5.41, 5.74) is 1.20. The van der Waals surface area contributed by atoms with Crippen molar-refractivity contribution in [3.63, 3.8) is 0 Å². The summed E-state index contributed by atoms with van der Waals surface area (Å²) in [7, 11) is -0.605. The zero-order valence-electron chi connectivity index (χ0n) is 15.3. The maximum Gasteiger partial charge on any atom is 0.216 e. The van der Waals surface area contributed by atoms with E-state index in [1.54, 1.807) is 0 Å². The van der Waals surface area contributed by atoms with Crippen LogP contribution in [0.15, 0.2) is 88.7 Å². The molecule has 4 rings (SSSR count). The molecule has 0 spiro atoms. The minimum Gasteiger partial charge on any atom is -0.475 e. The molecule has 1 heterocycles. The van der Waals surface area contributed by atoms with Gasteiger partial charge in [-0.25, -0.2) is 4.99 Å². The van der Waals surface area contributed by atoms with Crippen LogP contribution in [-0.2, 0) is 4.74 Å². The van der Waals surface area contributed by atoms with Gasteiger partial charge in [-0.05, 0) is 36.2 Å². The van der Waals surface area contributed by atoms with Gasteiger partial charge in [0.2, 0.25) is 5.90 Å². The number of rotatable bonds is 5. The average molecular weight is 361 g/mol. The summed E-state index contributed by atoms with van der Waals surface area (Å²) in [4.78, 5) is 4.89. The lowest BCUT2D eigenvalue weighted by Crippen LogP contribution is -2.15. The molecule has 0 saturated carbocycles. The Morgan fingerprint density at radius 1 is 0.923 bits per heavy atom. The van der Waals surface area contributed by atoms with E-state index in [-0.39, 0.29) is 6.04 Å². The summed E-state index contributed by atoms with van der Waals surface area (Å²) in [5, 5.41) is 4.11. The van der Waals surface area contributed by atoms with Crippen molar-refractivity contribution >= 4 is 24.4 Å². The normalized spacial score (nSPS) is 19.4. The second-order valence-electron chi connectivity index (χ2n) is 7.01. The second-order valence-corrected chi connectivity index (χ2v) is 9.19. The lowest BCUT2D eigenvalue weighted by molar-refractivity contribution is 0.291. The van der Waals surface area contributed by atoms with Crippen molar-refractivity contribution in [2.75, 3.05) is 6.61 Å². The van der Waals surface area contributed by atoms with Crippen molar-refractivity contribution < 1.29 is 4.74 Å². The first-order valence-electron chi connectivity index (χ1n) is 9.26. The van der Waals surface area contributed by atoms with Crippen LogP contribution in [0, 0.1) is 5.92 Å². The third kappa shape index (κ3) is 3.39. The van der Waals surface area contributed by atoms with E-state index < -0.39 is 7.92 Å². The number of allylic oxidation sites excluding steroid dienone is 2. The van der Waals surface area contributed by atoms with Crippen molar-refractivity contribution in [1.29, 1.82) is 0 Å². The fraction of sp³-hybridized carbons (Fsp3) is 0.261. The molecule has 2 nitrogen and oxygen atoms in total. The van der Waals surface area contributed by atoms with Gasteiger partial charge in [0.1, 0.15) is 6.61 Å². The fourth-order valence-corrected chi connectivity index (χ4v) is 5.88. The molecule has 0 amide bonds. The first-order chi connectivity index (χ1) is 12.7. The number of hydrogen-bond acceptors (Lipinski definition) is 2. The Morgan fingerprint density at radius 2 is 1.54 bits per heavy atom. The van der Waals surface area contributed by atoms with Crippen LogP contribution in [0.4, 0.5) is 0 Å². The Balaban J connectivity index is 1.73. The van der Waals surface area contributed by atoms with Gasteiger partial charge in [0.05, 0.1) is 6.04 Å². The Kier molecular flexibility index (Phi) is 5.04. The number of nitrogens with zero attached hydrogens (tertiary/aromatic N) is 1. The van der Waals surface area contributed by atoms with E-state index in [2.05, 4.69) is 86.7 Å². The summed E-state index contributed by atoms with van der Waals surface area (Å²) in [5.74, 6) is 1.35. The predicted octanol–water partition coefficient (Wildman–Crippen LogP) is 4.79. The van der Waals surface area contributed by atoms with Crippen LogP contribution in [-0.4, -0.2) is 18.5 Å². The summed E-state index contributed by atoms with van der Waals surface area (Å²) in [6.07, 6.45) is 5.59. The van der Waals surface area contributed by atoms with Crippen LogP contribution < -0.4 is 10.6 Å². The molecule has 2 aromatic carbocycles. The summed E-state index contributed by atoms with van der Waals surface area (Å²) >= 11 is 0. The molecule has 0 saturated heterocycles. The van der Waals surface area contributed by atoms with Gasteiger partial charge < -0.3 is 4.74 Å². The van der Waals surface area contributed by atoms with Crippen molar-refractivity contribution in [3.05, 3.63) is 83.7 Å². The topological polar surface area (TPSA) is 21.6 Å². The molecule has 1 aliphatic heterocycles. The summed E-state index contributed by atoms with van der Waals surface area (Å²) in [6, 6.07) is 21.9. The molecule has 0 fully saturated rings. The van der Waals surface area contributed by atoms with Crippen LogP contribution >= 0.6 is 7.92 Å². The number of benzene rings is 2. The Bertz CT molecular complexity index is 813. The largest absolute Gasteiger partial charge is 0.475 e. The molecule has 0 radical (unpaired) electrons. The van der Waals surface area contributed by atoms with Crippen molar-refractivity contribution in [2.24, 2.45) is 10.9 Å². The number of hydrogen-bond donors (Lipinski definition) is 0. The molecule has 3 heteroatoms. The van der Waals surface area contributed by atoms with Crippen molar-refractivity contribution in [1.82, 2.24) is 0 Å². The zero-order chi connectivity index (χ0) is 17.9. The molecule has 0 N–H and O–H groups in total. The molecule has 132 valence electrons. The minimum atomic E-state index is -0.605. The highest BCUT2D eigenvalue weighted by atomic mass is 31.1. The SMILES string of the molecule is CC(C)C1COC(C2=CCC=C2P(c2ccccc2)c2ccccc2)=N1. The standard InChI is InChI=1S/C23H24NOP/c1-17(2)21-16-25-23(24-21)20-14-9-15-22(20)26(18-10-5-3-6-11-18)19-12-7-4-8-13-19/h3-8,10-15,17,21H,9,16H2,1-2H3. The van der Waals surface area contributed by atoms with Gasteiger partial charge in [0.25, 0.3) is 0 Å². The van der Waals surface area contributed by atoms with Crippen molar-refractivity contribution in [3.8, 4) is 0 Å². The maximum atomic E-state index is 6.01. The quantitative estimate of drug-likeness (QED) is 0.702. The predicted molar refractivity (Wildman–Crippen MR) is 112 cm³/mol. The van der Waals surface area contributed by atoms with Gasteiger partial charge in [0.15, 0.2) is 0 Å². The van der Waals surface area contributed by atoms with E-state index in [4.69, 9.17) is 9.73 Å². The van der Waals surface area contributed by atoms with Crippen LogP contribution in [0.2, 0.25) is 0 Å². The smallest absolute Gasteiger partial charge is 0.216 e. The highest BCUT2D eigenvalue weighted by Gasteiger charge is 2.31. The molecule has 2 aliphatic rings. The van der Waals surface area contributed by atoms with Crippen molar-refractivity contribution in [2.45, 2.75) is 26.3 Å². The van der Waals surface area contributed by atoms with Gasteiger partial charge in [-0.1, -0.05) is 86.7 Å². The summed E-state index contributed by atoms with van der Waals surface area (Å²) < 4.78 is 6.01. The third-order valence-electron chi connectivity index (χ3n) is 4.85. The van der Waals surface area contributed by atoms with E-state index in [0.717, 1.165) is 12.3 Å². The highest BCUT2D eigenvalue weighted by molar-refractivity contribution is 7.77. The molecule has 0 bridgehead atoms. The molecule has 0 aromatic heterocycles. The minimum absolute atomic E-state index is 0.271. The average Bonchev–Trinajstić information content (AvgIpc) is 3.33. The van der Waals surface area contributed by atoms with E-state index >= 15 is 0 Å². The van der Waals surface area contributed by atoms with Gasteiger partial charge in [-0.2, -0.15) is 0 Å². The monoisotopic (exact) mass is 361 g/mol. The maximum absolute atomic E-state index is 6.01. The van der Waals surface area contributed by atoms with Gasteiger partial charge in [0, 0.05) is 5.57 Å². The lowest BCUT2D eigenvalue weighted by Gasteiger charge is -2.22. The molecule has 26 heavy (non-hydrogen) atoms. The van der Waals surface area contributed by atoms with Crippen LogP contribution in [0.1, 0.15) is 20.3 Å². The first kappa shape index (κ1) is 17.2. The fourth-order valence-electron chi connectivity index (χ4n) is 3.37. The van der Waals surface area contributed by atoms with Gasteiger partial charge in [-0.3, -0.25) is 0 Å². The van der Waals surface area contributed by atoms with Crippen LogP contribution in [0.3, 0.4) is 0 Å². The molecule has 1 atom stereocenters. The third-order valence-corrected chi connectivity index (χ3v) is 7.39. The van der Waals surface area contributed by atoms with Crippen LogP contribution in [0.5, 0.6) is 0 Å². The summed E-state index contributed by atoms with van der Waals surface area (Å²) in [6.45, 7) is 5.12. The lowest BCUT2D eigenvalue weighted by atomic mass is 10.1. The van der Waals surface area contributed by atoms with E-state index in [9.17, 15) is 0 Å². The van der Waals surface area contributed by atoms with Crippen LogP contribution in [0.25, 0.3) is 0 Å². The zero-order valence-corrected chi connectivity index (χ0v) is 16.2. The van der Waals surface area contributed by atoms with E-state index in [1.807, 2.05) is 0 Å². The highest BCUT2D eigenvalue weighted by Crippen LogP contribution is 2.49. The van der Waals surface area contributed by atoms with E-state index in [1.165, 1.54) is 21.5 Å². The van der Waals surface area contributed by atoms with Gasteiger partial charge >= 0.3 is 0 Å². The molecule has 1 unspecified atom stereocenters. The second kappa shape index (κ2) is 7.60. The Labute approximate surface area is 157 Å². The number of aliphatic imine (C=N–C) groups is 1.